The molecule has 2 amide bonds. The summed E-state index contributed by atoms with van der Waals surface area (Å²) in [5.41, 5.74) is 0. The molecule has 0 aromatic rings. The fraction of sp³-hybridized carbons (Fsp3) is 0.857. The van der Waals surface area contributed by atoms with Crippen LogP contribution >= 0.6 is 0 Å². The molecule has 0 aromatic carbocycles. The van der Waals surface area contributed by atoms with E-state index in [0.29, 0.717) is 25.3 Å². The van der Waals surface area contributed by atoms with Crippen LogP contribution in [0.15, 0.2) is 0 Å². The number of hydrogen-bond acceptors (Lipinski definition) is 3. The number of nitrogens with one attached hydrogen (secondary N) is 1. The van der Waals surface area contributed by atoms with Gasteiger partial charge in [-0.05, 0) is 44.2 Å². The highest BCUT2D eigenvalue weighted by Gasteiger charge is 2.33. The fourth-order valence-electron chi connectivity index (χ4n) is 3.08. The van der Waals surface area contributed by atoms with Crippen molar-refractivity contribution in [2.75, 3.05) is 19.6 Å². The van der Waals surface area contributed by atoms with Crippen LogP contribution in [0.5, 0.6) is 0 Å². The van der Waals surface area contributed by atoms with Gasteiger partial charge in [0.25, 0.3) is 0 Å². The van der Waals surface area contributed by atoms with E-state index in [-0.39, 0.29) is 17.7 Å². The van der Waals surface area contributed by atoms with Gasteiger partial charge in [-0.2, -0.15) is 0 Å². The summed E-state index contributed by atoms with van der Waals surface area (Å²) in [6, 6.07) is 0. The van der Waals surface area contributed by atoms with Crippen molar-refractivity contribution in [3.63, 3.8) is 0 Å². The molecule has 1 atom stereocenters. The molecule has 0 bridgehead atoms. The van der Waals surface area contributed by atoms with E-state index >= 15 is 0 Å². The number of carbonyl (C=O) groups is 2. The first kappa shape index (κ1) is 13.5. The summed E-state index contributed by atoms with van der Waals surface area (Å²) < 4.78 is 0. The van der Waals surface area contributed by atoms with Crippen LogP contribution in [0.4, 0.5) is 0 Å². The van der Waals surface area contributed by atoms with Crippen molar-refractivity contribution >= 4 is 11.8 Å². The molecule has 0 aliphatic carbocycles. The van der Waals surface area contributed by atoms with Crippen LogP contribution in [0.3, 0.4) is 0 Å². The standard InChI is InChI=1S/C14H24N2O2/c1-2-4-11-7-13(17)16(14(18)8-11)10-12-5-3-6-15-9-12/h11-12,15H,2-10H2,1H3. The lowest BCUT2D eigenvalue weighted by Crippen LogP contribution is -2.47. The largest absolute Gasteiger partial charge is 0.316 e. The third kappa shape index (κ3) is 3.31. The Bertz CT molecular complexity index is 293. The number of hydrogen-bond donors (Lipinski definition) is 1. The number of imide groups is 1. The number of nitrogens with zero attached hydrogens (tertiary/aromatic N) is 1. The quantitative estimate of drug-likeness (QED) is 0.772. The molecule has 4 nitrogen and oxygen atoms in total. The lowest BCUT2D eigenvalue weighted by Gasteiger charge is -2.33. The summed E-state index contributed by atoms with van der Waals surface area (Å²) >= 11 is 0. The molecule has 0 aromatic heterocycles. The Morgan fingerprint density at radius 3 is 2.50 bits per heavy atom. The van der Waals surface area contributed by atoms with Crippen LogP contribution in [0.1, 0.15) is 45.4 Å². The van der Waals surface area contributed by atoms with Crippen LogP contribution in [-0.2, 0) is 9.59 Å². The summed E-state index contributed by atoms with van der Waals surface area (Å²) in [5.74, 6) is 0.843. The van der Waals surface area contributed by atoms with E-state index in [9.17, 15) is 9.59 Å². The van der Waals surface area contributed by atoms with Gasteiger partial charge in [-0.25, -0.2) is 0 Å². The predicted molar refractivity (Wildman–Crippen MR) is 69.9 cm³/mol. The van der Waals surface area contributed by atoms with Gasteiger partial charge in [0.2, 0.25) is 11.8 Å². The molecule has 2 saturated heterocycles. The van der Waals surface area contributed by atoms with Gasteiger partial charge < -0.3 is 5.32 Å². The molecule has 4 heteroatoms. The highest BCUT2D eigenvalue weighted by Crippen LogP contribution is 2.25. The summed E-state index contributed by atoms with van der Waals surface area (Å²) in [6.07, 6.45) is 5.47. The minimum Gasteiger partial charge on any atom is -0.316 e. The maximum Gasteiger partial charge on any atom is 0.229 e. The van der Waals surface area contributed by atoms with Gasteiger partial charge in [0.15, 0.2) is 0 Å². The third-order valence-corrected chi connectivity index (χ3v) is 4.07. The average Bonchev–Trinajstić information content (AvgIpc) is 2.36. The van der Waals surface area contributed by atoms with E-state index in [1.54, 1.807) is 0 Å². The molecular weight excluding hydrogens is 228 g/mol. The van der Waals surface area contributed by atoms with Crippen molar-refractivity contribution in [3.05, 3.63) is 0 Å². The second-order valence-corrected chi connectivity index (χ2v) is 5.67. The van der Waals surface area contributed by atoms with Gasteiger partial charge >= 0.3 is 0 Å². The number of piperidine rings is 2. The summed E-state index contributed by atoms with van der Waals surface area (Å²) in [7, 11) is 0. The molecule has 18 heavy (non-hydrogen) atoms. The summed E-state index contributed by atoms with van der Waals surface area (Å²) in [4.78, 5) is 25.6. The third-order valence-electron chi connectivity index (χ3n) is 4.07. The predicted octanol–water partition coefficient (Wildman–Crippen LogP) is 1.55. The van der Waals surface area contributed by atoms with E-state index in [1.807, 2.05) is 0 Å². The van der Waals surface area contributed by atoms with Crippen molar-refractivity contribution in [1.82, 2.24) is 10.2 Å². The molecule has 2 aliphatic heterocycles. The summed E-state index contributed by atoms with van der Waals surface area (Å²) in [6.45, 7) is 4.74. The molecule has 0 spiro atoms. The van der Waals surface area contributed by atoms with E-state index in [2.05, 4.69) is 12.2 Å². The van der Waals surface area contributed by atoms with Crippen LogP contribution in [0.2, 0.25) is 0 Å². The first-order chi connectivity index (χ1) is 8.70. The Balaban J connectivity index is 1.88. The fourth-order valence-corrected chi connectivity index (χ4v) is 3.08. The normalized spacial score (nSPS) is 26.7. The van der Waals surface area contributed by atoms with Gasteiger partial charge in [0.1, 0.15) is 0 Å². The monoisotopic (exact) mass is 252 g/mol. The number of likely N-dealkylation sites (tertiary alicyclic amines) is 1. The highest BCUT2D eigenvalue weighted by atomic mass is 16.2. The maximum absolute atomic E-state index is 12.0. The average molecular weight is 252 g/mol. The Morgan fingerprint density at radius 1 is 1.22 bits per heavy atom. The van der Waals surface area contributed by atoms with Gasteiger partial charge in [-0.3, -0.25) is 14.5 Å². The van der Waals surface area contributed by atoms with Crippen LogP contribution in [-0.4, -0.2) is 36.3 Å². The topological polar surface area (TPSA) is 49.4 Å². The molecule has 0 saturated carbocycles. The Hall–Kier alpha value is -0.900. The Kier molecular flexibility index (Phi) is 4.75. The lowest BCUT2D eigenvalue weighted by molar-refractivity contribution is -0.151. The SMILES string of the molecule is CCCC1CC(=O)N(CC2CCCNC2)C(=O)C1. The number of carbonyl (C=O) groups excluding carboxylic acids is 2. The van der Waals surface area contributed by atoms with Crippen molar-refractivity contribution in [2.45, 2.75) is 45.4 Å². The lowest BCUT2D eigenvalue weighted by atomic mass is 9.90. The first-order valence-corrected chi connectivity index (χ1v) is 7.24. The first-order valence-electron chi connectivity index (χ1n) is 7.24. The zero-order chi connectivity index (χ0) is 13.0. The summed E-state index contributed by atoms with van der Waals surface area (Å²) in [5, 5.41) is 3.33. The van der Waals surface area contributed by atoms with Gasteiger partial charge in [-0.1, -0.05) is 13.3 Å². The molecule has 1 N–H and O–H groups in total. The van der Waals surface area contributed by atoms with Crippen LogP contribution in [0.25, 0.3) is 0 Å². The molecule has 102 valence electrons. The Labute approximate surface area is 109 Å². The molecule has 1 unspecified atom stereocenters. The van der Waals surface area contributed by atoms with Crippen molar-refractivity contribution in [2.24, 2.45) is 11.8 Å². The van der Waals surface area contributed by atoms with Gasteiger partial charge in [0, 0.05) is 19.4 Å². The number of amides is 2. The van der Waals surface area contributed by atoms with Gasteiger partial charge in [-0.15, -0.1) is 0 Å². The number of rotatable bonds is 4. The van der Waals surface area contributed by atoms with E-state index in [4.69, 9.17) is 0 Å². The van der Waals surface area contributed by atoms with Gasteiger partial charge in [0.05, 0.1) is 0 Å². The molecule has 0 radical (unpaired) electrons. The second kappa shape index (κ2) is 6.32. The Morgan fingerprint density at radius 2 is 1.94 bits per heavy atom. The van der Waals surface area contributed by atoms with Crippen molar-refractivity contribution in [3.8, 4) is 0 Å². The molecule has 2 rings (SSSR count). The molecule has 2 fully saturated rings. The van der Waals surface area contributed by atoms with Crippen LogP contribution in [0, 0.1) is 11.8 Å². The highest BCUT2D eigenvalue weighted by molar-refractivity contribution is 5.97. The molecular formula is C14H24N2O2. The molecule has 2 aliphatic rings. The second-order valence-electron chi connectivity index (χ2n) is 5.67. The molecule has 2 heterocycles. The smallest absolute Gasteiger partial charge is 0.229 e. The minimum absolute atomic E-state index is 0.0512. The zero-order valence-corrected chi connectivity index (χ0v) is 11.3. The maximum atomic E-state index is 12.0. The van der Waals surface area contributed by atoms with E-state index in [0.717, 1.165) is 38.8 Å². The minimum atomic E-state index is 0.0512. The van der Waals surface area contributed by atoms with E-state index in [1.165, 1.54) is 4.90 Å². The van der Waals surface area contributed by atoms with Crippen molar-refractivity contribution in [1.29, 1.82) is 0 Å². The van der Waals surface area contributed by atoms with Crippen molar-refractivity contribution < 1.29 is 9.59 Å². The van der Waals surface area contributed by atoms with E-state index < -0.39 is 0 Å². The zero-order valence-electron chi connectivity index (χ0n) is 11.3. The van der Waals surface area contributed by atoms with Crippen LogP contribution < -0.4 is 5.32 Å².